The number of rotatable bonds is 1. The highest BCUT2D eigenvalue weighted by Gasteiger charge is 2.09. The second-order valence-corrected chi connectivity index (χ2v) is 4.13. The number of benzene rings is 1. The summed E-state index contributed by atoms with van der Waals surface area (Å²) in [5, 5.41) is 3.52. The highest BCUT2D eigenvalue weighted by molar-refractivity contribution is 5.56. The molecule has 0 bridgehead atoms. The van der Waals surface area contributed by atoms with E-state index in [9.17, 15) is 0 Å². The zero-order valence-corrected chi connectivity index (χ0v) is 8.88. The fourth-order valence-electron chi connectivity index (χ4n) is 1.83. The van der Waals surface area contributed by atoms with E-state index >= 15 is 0 Å². The summed E-state index contributed by atoms with van der Waals surface area (Å²) in [6, 6.07) is 8.58. The summed E-state index contributed by atoms with van der Waals surface area (Å²) in [5.74, 6) is 0.584. The second-order valence-electron chi connectivity index (χ2n) is 4.13. The molecule has 0 unspecified atom stereocenters. The summed E-state index contributed by atoms with van der Waals surface area (Å²) in [5.41, 5.74) is 4.07. The highest BCUT2D eigenvalue weighted by Crippen LogP contribution is 2.25. The van der Waals surface area contributed by atoms with Crippen LogP contribution in [0, 0.1) is 5.92 Å². The van der Waals surface area contributed by atoms with Gasteiger partial charge in [-0.25, -0.2) is 0 Å². The Morgan fingerprint density at radius 1 is 1.21 bits per heavy atom. The third-order valence-corrected chi connectivity index (χ3v) is 2.70. The van der Waals surface area contributed by atoms with Crippen molar-refractivity contribution in [2.24, 2.45) is 5.92 Å². The van der Waals surface area contributed by atoms with Gasteiger partial charge in [0.15, 0.2) is 0 Å². The molecule has 1 aliphatic heterocycles. The van der Waals surface area contributed by atoms with E-state index in [0.717, 1.165) is 12.8 Å². The van der Waals surface area contributed by atoms with Crippen LogP contribution in [0.1, 0.15) is 25.8 Å². The largest absolute Gasteiger partial charge is 0.359 e. The summed E-state index contributed by atoms with van der Waals surface area (Å²) in [7, 11) is 0. The zero-order chi connectivity index (χ0) is 9.97. The summed E-state index contributed by atoms with van der Waals surface area (Å²) >= 11 is 0. The van der Waals surface area contributed by atoms with Crippen LogP contribution in [0.5, 0.6) is 0 Å². The quantitative estimate of drug-likeness (QED) is 0.708. The molecular formula is C13H17N. The van der Waals surface area contributed by atoms with E-state index in [4.69, 9.17) is 0 Å². The van der Waals surface area contributed by atoms with Crippen molar-refractivity contribution in [2.45, 2.75) is 26.7 Å². The van der Waals surface area contributed by atoms with E-state index < -0.39 is 0 Å². The number of para-hydroxylation sites is 1. The van der Waals surface area contributed by atoms with Gasteiger partial charge in [0.25, 0.3) is 0 Å². The maximum atomic E-state index is 3.52. The van der Waals surface area contributed by atoms with Crippen LogP contribution in [-0.4, -0.2) is 0 Å². The predicted molar refractivity (Wildman–Crippen MR) is 61.3 cm³/mol. The van der Waals surface area contributed by atoms with Crippen LogP contribution in [0.2, 0.25) is 0 Å². The highest BCUT2D eigenvalue weighted by atomic mass is 14.9. The van der Waals surface area contributed by atoms with Gasteiger partial charge in [-0.3, -0.25) is 0 Å². The minimum atomic E-state index is 0.584. The molecule has 0 radical (unpaired) electrons. The number of nitrogens with one attached hydrogen (secondary N) is 1. The lowest BCUT2D eigenvalue weighted by atomic mass is 10.1. The van der Waals surface area contributed by atoms with Gasteiger partial charge in [-0.1, -0.05) is 38.1 Å². The van der Waals surface area contributed by atoms with Crippen LogP contribution in [0.3, 0.4) is 0 Å². The Morgan fingerprint density at radius 3 is 2.79 bits per heavy atom. The fourth-order valence-corrected chi connectivity index (χ4v) is 1.83. The third-order valence-electron chi connectivity index (χ3n) is 2.70. The maximum absolute atomic E-state index is 3.52. The fraction of sp³-hybridized carbons (Fsp3) is 0.385. The lowest BCUT2D eigenvalue weighted by Gasteiger charge is -2.14. The van der Waals surface area contributed by atoms with Gasteiger partial charge < -0.3 is 5.32 Å². The first-order chi connectivity index (χ1) is 6.77. The molecule has 1 heteroatoms. The Hall–Kier alpha value is -1.24. The van der Waals surface area contributed by atoms with Gasteiger partial charge in [0.2, 0.25) is 0 Å². The first-order valence-electron chi connectivity index (χ1n) is 5.32. The van der Waals surface area contributed by atoms with Crippen molar-refractivity contribution in [2.75, 3.05) is 5.32 Å². The van der Waals surface area contributed by atoms with Gasteiger partial charge in [-0.15, -0.1) is 0 Å². The lowest BCUT2D eigenvalue weighted by molar-refractivity contribution is 0.769. The monoisotopic (exact) mass is 187 g/mol. The van der Waals surface area contributed by atoms with E-state index in [1.165, 1.54) is 16.9 Å². The molecule has 0 saturated carbocycles. The molecule has 1 aromatic rings. The van der Waals surface area contributed by atoms with Crippen LogP contribution in [0.4, 0.5) is 5.69 Å². The average molecular weight is 187 g/mol. The van der Waals surface area contributed by atoms with Gasteiger partial charge in [-0.2, -0.15) is 0 Å². The van der Waals surface area contributed by atoms with Gasteiger partial charge in [0.1, 0.15) is 0 Å². The van der Waals surface area contributed by atoms with Crippen LogP contribution in [0.15, 0.2) is 36.0 Å². The average Bonchev–Trinajstić information content (AvgIpc) is 2.39. The Balaban J connectivity index is 2.30. The number of allylic oxidation sites excluding steroid dienone is 2. The van der Waals surface area contributed by atoms with Crippen LogP contribution in [0.25, 0.3) is 0 Å². The third kappa shape index (κ3) is 1.82. The summed E-state index contributed by atoms with van der Waals surface area (Å²) in [4.78, 5) is 0. The van der Waals surface area contributed by atoms with E-state index in [-0.39, 0.29) is 0 Å². The molecule has 0 aromatic heterocycles. The van der Waals surface area contributed by atoms with Crippen molar-refractivity contribution < 1.29 is 0 Å². The van der Waals surface area contributed by atoms with Gasteiger partial charge in [0, 0.05) is 11.4 Å². The molecule has 0 atom stereocenters. The minimum Gasteiger partial charge on any atom is -0.359 e. The van der Waals surface area contributed by atoms with E-state index in [1.54, 1.807) is 0 Å². The van der Waals surface area contributed by atoms with Crippen molar-refractivity contribution in [3.8, 4) is 0 Å². The maximum Gasteiger partial charge on any atom is 0.0414 e. The van der Waals surface area contributed by atoms with Crippen LogP contribution in [-0.2, 0) is 6.42 Å². The standard InChI is InChI=1S/C13H17N/c1-10(2)12-9-5-7-11-6-3-4-8-13(11)14-12/h3-4,6,8-10,14H,5,7H2,1-2H3. The number of fused-ring (bicyclic) bond motifs is 1. The predicted octanol–water partition coefficient (Wildman–Crippen LogP) is 3.58. The minimum absolute atomic E-state index is 0.584. The molecular weight excluding hydrogens is 170 g/mol. The topological polar surface area (TPSA) is 12.0 Å². The molecule has 0 aliphatic carbocycles. The SMILES string of the molecule is CC(C)C1=CCCc2ccccc2N1. The molecule has 1 aliphatic rings. The molecule has 1 aromatic carbocycles. The normalized spacial score (nSPS) is 15.5. The molecule has 0 saturated heterocycles. The van der Waals surface area contributed by atoms with Crippen LogP contribution >= 0.6 is 0 Å². The van der Waals surface area contributed by atoms with Gasteiger partial charge in [0.05, 0.1) is 0 Å². The Bertz CT molecular complexity index is 350. The zero-order valence-electron chi connectivity index (χ0n) is 8.88. The van der Waals surface area contributed by atoms with Gasteiger partial charge in [-0.05, 0) is 30.4 Å². The number of anilines is 1. The molecule has 0 spiro atoms. The first-order valence-corrected chi connectivity index (χ1v) is 5.32. The number of hydrogen-bond donors (Lipinski definition) is 1. The number of hydrogen-bond acceptors (Lipinski definition) is 1. The Labute approximate surface area is 85.8 Å². The second kappa shape index (κ2) is 3.87. The van der Waals surface area contributed by atoms with Crippen molar-refractivity contribution in [3.63, 3.8) is 0 Å². The Kier molecular flexibility index (Phi) is 2.58. The van der Waals surface area contributed by atoms with Gasteiger partial charge >= 0.3 is 0 Å². The van der Waals surface area contributed by atoms with Crippen LogP contribution < -0.4 is 5.32 Å². The summed E-state index contributed by atoms with van der Waals surface area (Å²) in [6.07, 6.45) is 4.63. The molecule has 0 amide bonds. The van der Waals surface area contributed by atoms with Crippen molar-refractivity contribution in [1.82, 2.24) is 0 Å². The molecule has 1 nitrogen and oxygen atoms in total. The van der Waals surface area contributed by atoms with Crippen molar-refractivity contribution >= 4 is 5.69 Å². The smallest absolute Gasteiger partial charge is 0.0414 e. The summed E-state index contributed by atoms with van der Waals surface area (Å²) in [6.45, 7) is 4.46. The Morgan fingerprint density at radius 2 is 2.00 bits per heavy atom. The molecule has 1 N–H and O–H groups in total. The summed E-state index contributed by atoms with van der Waals surface area (Å²) < 4.78 is 0. The molecule has 1 heterocycles. The van der Waals surface area contributed by atoms with E-state index in [0.29, 0.717) is 5.92 Å². The van der Waals surface area contributed by atoms with E-state index in [1.807, 2.05) is 0 Å². The first kappa shape index (κ1) is 9.32. The number of aryl methyl sites for hydroxylation is 1. The molecule has 0 fully saturated rings. The molecule has 14 heavy (non-hydrogen) atoms. The van der Waals surface area contributed by atoms with E-state index in [2.05, 4.69) is 49.5 Å². The lowest BCUT2D eigenvalue weighted by Crippen LogP contribution is -2.05. The molecule has 74 valence electrons. The molecule has 2 rings (SSSR count). The van der Waals surface area contributed by atoms with Crippen molar-refractivity contribution in [1.29, 1.82) is 0 Å². The van der Waals surface area contributed by atoms with Crippen molar-refractivity contribution in [3.05, 3.63) is 41.6 Å².